The lowest BCUT2D eigenvalue weighted by Gasteiger charge is -2.12. The lowest BCUT2D eigenvalue weighted by molar-refractivity contribution is -0.143. The molecule has 2 amide bonds. The first-order valence-corrected chi connectivity index (χ1v) is 6.02. The summed E-state index contributed by atoms with van der Waals surface area (Å²) in [6.45, 7) is 0. The second-order valence-electron chi connectivity index (χ2n) is 4.40. The summed E-state index contributed by atoms with van der Waals surface area (Å²) in [6.07, 6.45) is -4.54. The number of fused-ring (bicyclic) bond motifs is 1. The Bertz CT molecular complexity index is 792. The molecule has 1 aliphatic rings. The number of alkyl halides is 3. The Kier molecular flexibility index (Phi) is 3.17. The Morgan fingerprint density at radius 3 is 2.22 bits per heavy atom. The standard InChI is InChI=1S/C13H5F3N2O5/c14-13(15,16)9-8(5-22-17-9)12(21)23-18-10(19)6-3-1-2-4-7(6)11(18)20/h1-5H. The number of hydroxylamine groups is 2. The number of halogens is 3. The molecular weight excluding hydrogens is 321 g/mol. The predicted molar refractivity (Wildman–Crippen MR) is 63.9 cm³/mol. The van der Waals surface area contributed by atoms with Crippen LogP contribution < -0.4 is 0 Å². The minimum atomic E-state index is -4.96. The van der Waals surface area contributed by atoms with Crippen molar-refractivity contribution in [3.8, 4) is 0 Å². The number of imide groups is 1. The van der Waals surface area contributed by atoms with Crippen LogP contribution >= 0.6 is 0 Å². The molecule has 2 aromatic rings. The average molecular weight is 326 g/mol. The molecule has 118 valence electrons. The van der Waals surface area contributed by atoms with Gasteiger partial charge in [-0.2, -0.15) is 13.2 Å². The van der Waals surface area contributed by atoms with Crippen LogP contribution in [0.15, 0.2) is 35.1 Å². The van der Waals surface area contributed by atoms with Gasteiger partial charge in [0, 0.05) is 0 Å². The highest BCUT2D eigenvalue weighted by Crippen LogP contribution is 2.31. The molecule has 23 heavy (non-hydrogen) atoms. The van der Waals surface area contributed by atoms with Crippen LogP contribution in [0.2, 0.25) is 0 Å². The first-order chi connectivity index (χ1) is 10.8. The number of carbonyl (C=O) groups is 3. The molecule has 7 nitrogen and oxygen atoms in total. The molecule has 3 rings (SSSR count). The van der Waals surface area contributed by atoms with E-state index in [0.29, 0.717) is 6.26 Å². The number of amides is 2. The van der Waals surface area contributed by atoms with E-state index in [1.807, 2.05) is 0 Å². The molecule has 0 bridgehead atoms. The van der Waals surface area contributed by atoms with Crippen LogP contribution in [0, 0.1) is 0 Å². The number of rotatable bonds is 2. The van der Waals surface area contributed by atoms with E-state index in [0.717, 1.165) is 0 Å². The van der Waals surface area contributed by atoms with E-state index >= 15 is 0 Å². The Morgan fingerprint density at radius 1 is 1.13 bits per heavy atom. The zero-order valence-corrected chi connectivity index (χ0v) is 11.0. The molecule has 0 spiro atoms. The third-order valence-corrected chi connectivity index (χ3v) is 2.99. The molecule has 2 heterocycles. The number of hydrogen-bond acceptors (Lipinski definition) is 6. The fraction of sp³-hybridized carbons (Fsp3) is 0.0769. The Hall–Kier alpha value is -3.17. The van der Waals surface area contributed by atoms with Crippen molar-refractivity contribution in [3.63, 3.8) is 0 Å². The topological polar surface area (TPSA) is 89.7 Å². The number of hydrogen-bond donors (Lipinski definition) is 0. The third kappa shape index (κ3) is 2.33. The van der Waals surface area contributed by atoms with Crippen LogP contribution in [0.25, 0.3) is 0 Å². The van der Waals surface area contributed by atoms with E-state index in [4.69, 9.17) is 0 Å². The molecule has 0 unspecified atom stereocenters. The minimum Gasteiger partial charge on any atom is -0.363 e. The highest BCUT2D eigenvalue weighted by Gasteiger charge is 2.43. The lowest BCUT2D eigenvalue weighted by atomic mass is 10.1. The first kappa shape index (κ1) is 14.8. The number of nitrogens with zero attached hydrogens (tertiary/aromatic N) is 2. The van der Waals surface area contributed by atoms with Gasteiger partial charge in [0.2, 0.25) is 5.69 Å². The van der Waals surface area contributed by atoms with Crippen molar-refractivity contribution in [1.82, 2.24) is 10.2 Å². The van der Waals surface area contributed by atoms with Gasteiger partial charge >= 0.3 is 12.1 Å². The molecule has 10 heteroatoms. The zero-order chi connectivity index (χ0) is 16.8. The first-order valence-electron chi connectivity index (χ1n) is 6.02. The molecule has 0 fully saturated rings. The van der Waals surface area contributed by atoms with Crippen molar-refractivity contribution in [3.05, 3.63) is 52.9 Å². The van der Waals surface area contributed by atoms with Gasteiger partial charge in [0.1, 0.15) is 11.8 Å². The van der Waals surface area contributed by atoms with Crippen molar-refractivity contribution in [2.45, 2.75) is 6.18 Å². The van der Waals surface area contributed by atoms with E-state index in [1.54, 1.807) is 0 Å². The van der Waals surface area contributed by atoms with Crippen molar-refractivity contribution >= 4 is 17.8 Å². The van der Waals surface area contributed by atoms with Gasteiger partial charge in [-0.15, -0.1) is 0 Å². The summed E-state index contributed by atoms with van der Waals surface area (Å²) in [5.74, 6) is -3.50. The maximum absolute atomic E-state index is 12.6. The van der Waals surface area contributed by atoms with Crippen LogP contribution in [-0.2, 0) is 11.0 Å². The summed E-state index contributed by atoms with van der Waals surface area (Å²) in [6, 6.07) is 5.61. The molecule has 0 aliphatic carbocycles. The summed E-state index contributed by atoms with van der Waals surface area (Å²) in [7, 11) is 0. The summed E-state index contributed by atoms with van der Waals surface area (Å²) < 4.78 is 42.1. The smallest absolute Gasteiger partial charge is 0.363 e. The largest absolute Gasteiger partial charge is 0.437 e. The third-order valence-electron chi connectivity index (χ3n) is 2.99. The Balaban J connectivity index is 1.87. The number of carbonyl (C=O) groups excluding carboxylic acids is 3. The van der Waals surface area contributed by atoms with Crippen LogP contribution in [0.3, 0.4) is 0 Å². The maximum Gasteiger partial charge on any atom is 0.437 e. The predicted octanol–water partition coefficient (Wildman–Crippen LogP) is 2.06. The number of aromatic nitrogens is 1. The van der Waals surface area contributed by atoms with Gasteiger partial charge in [0.05, 0.1) is 11.1 Å². The average Bonchev–Trinajstić information content (AvgIpc) is 3.08. The molecule has 0 saturated carbocycles. The quantitative estimate of drug-likeness (QED) is 0.785. The summed E-state index contributed by atoms with van der Waals surface area (Å²) in [5, 5.41) is 2.77. The second-order valence-corrected chi connectivity index (χ2v) is 4.40. The van der Waals surface area contributed by atoms with Crippen LogP contribution in [0.1, 0.15) is 36.8 Å². The summed E-state index contributed by atoms with van der Waals surface area (Å²) in [5.41, 5.74) is -2.70. The molecule has 0 radical (unpaired) electrons. The fourth-order valence-electron chi connectivity index (χ4n) is 1.97. The van der Waals surface area contributed by atoms with Gasteiger partial charge in [-0.25, -0.2) is 4.79 Å². The van der Waals surface area contributed by atoms with E-state index < -0.39 is 35.2 Å². The molecule has 1 aromatic heterocycles. The monoisotopic (exact) mass is 326 g/mol. The molecule has 0 saturated heterocycles. The Labute approximate surface area is 125 Å². The SMILES string of the molecule is O=C(ON1C(=O)c2ccccc2C1=O)c1conc1C(F)(F)F. The van der Waals surface area contributed by atoms with Gasteiger partial charge in [0.15, 0.2) is 0 Å². The van der Waals surface area contributed by atoms with E-state index in [9.17, 15) is 27.6 Å². The summed E-state index contributed by atoms with van der Waals surface area (Å²) in [4.78, 5) is 40.2. The molecular formula is C13H5F3N2O5. The van der Waals surface area contributed by atoms with Gasteiger partial charge in [-0.3, -0.25) is 9.59 Å². The van der Waals surface area contributed by atoms with E-state index in [2.05, 4.69) is 14.5 Å². The Morgan fingerprint density at radius 2 is 1.70 bits per heavy atom. The van der Waals surface area contributed by atoms with Crippen LogP contribution in [0.4, 0.5) is 13.2 Å². The highest BCUT2D eigenvalue weighted by molar-refractivity contribution is 6.21. The van der Waals surface area contributed by atoms with Crippen molar-refractivity contribution < 1.29 is 36.9 Å². The molecule has 0 atom stereocenters. The van der Waals surface area contributed by atoms with E-state index in [1.165, 1.54) is 24.3 Å². The minimum absolute atomic E-state index is 0.0216. The van der Waals surface area contributed by atoms with Gasteiger partial charge in [-0.1, -0.05) is 22.4 Å². The van der Waals surface area contributed by atoms with Gasteiger partial charge in [-0.05, 0) is 12.1 Å². The molecule has 1 aliphatic heterocycles. The van der Waals surface area contributed by atoms with E-state index in [-0.39, 0.29) is 16.2 Å². The number of benzene rings is 1. The van der Waals surface area contributed by atoms with Crippen LogP contribution in [0.5, 0.6) is 0 Å². The fourth-order valence-corrected chi connectivity index (χ4v) is 1.97. The van der Waals surface area contributed by atoms with Gasteiger partial charge in [0.25, 0.3) is 11.8 Å². The molecule has 0 N–H and O–H groups in total. The normalized spacial score (nSPS) is 14.1. The lowest BCUT2D eigenvalue weighted by Crippen LogP contribution is -2.33. The van der Waals surface area contributed by atoms with Crippen molar-refractivity contribution in [2.24, 2.45) is 0 Å². The molecule has 1 aromatic carbocycles. The summed E-state index contributed by atoms with van der Waals surface area (Å²) >= 11 is 0. The van der Waals surface area contributed by atoms with Gasteiger partial charge < -0.3 is 9.36 Å². The van der Waals surface area contributed by atoms with Crippen molar-refractivity contribution in [1.29, 1.82) is 0 Å². The second kappa shape index (κ2) is 4.93. The maximum atomic E-state index is 12.6. The van der Waals surface area contributed by atoms with Crippen LogP contribution in [-0.4, -0.2) is 28.0 Å². The van der Waals surface area contributed by atoms with Crippen molar-refractivity contribution in [2.75, 3.05) is 0 Å². The highest BCUT2D eigenvalue weighted by atomic mass is 19.4. The zero-order valence-electron chi connectivity index (χ0n) is 11.0.